The Labute approximate surface area is 149 Å². The van der Waals surface area contributed by atoms with Gasteiger partial charge in [-0.3, -0.25) is 20.2 Å². The Bertz CT molecular complexity index is 1070. The van der Waals surface area contributed by atoms with Gasteiger partial charge in [-0.05, 0) is 39.3 Å². The van der Waals surface area contributed by atoms with Gasteiger partial charge in [-0.25, -0.2) is 4.79 Å². The van der Waals surface area contributed by atoms with E-state index >= 15 is 0 Å². The highest BCUT2D eigenvalue weighted by Gasteiger charge is 2.26. The van der Waals surface area contributed by atoms with Gasteiger partial charge in [0, 0.05) is 0 Å². The number of barbiturate groups is 1. The molecule has 0 atom stereocenters. The number of hydrogen-bond acceptors (Lipinski definition) is 3. The Balaban J connectivity index is 1.82. The number of urea groups is 1. The summed E-state index contributed by atoms with van der Waals surface area (Å²) in [6.07, 6.45) is 4.93. The van der Waals surface area contributed by atoms with E-state index in [9.17, 15) is 14.4 Å². The lowest BCUT2D eigenvalue weighted by atomic mass is 9.96. The number of hydrogen-bond donors (Lipinski definition) is 2. The van der Waals surface area contributed by atoms with Crippen LogP contribution in [-0.2, 0) is 9.59 Å². The Morgan fingerprint density at radius 2 is 1.27 bits per heavy atom. The normalized spacial score (nSPS) is 14.8. The van der Waals surface area contributed by atoms with Gasteiger partial charge in [0.05, 0.1) is 0 Å². The highest BCUT2D eigenvalue weighted by atomic mass is 16.2. The molecule has 0 aliphatic carbocycles. The lowest BCUT2D eigenvalue weighted by molar-refractivity contribution is -0.124. The quantitative estimate of drug-likeness (QED) is 0.426. The first-order valence-electron chi connectivity index (χ1n) is 8.09. The van der Waals surface area contributed by atoms with Crippen LogP contribution in [-0.4, -0.2) is 17.8 Å². The molecular formula is C21H14N2O3. The number of imide groups is 2. The van der Waals surface area contributed by atoms with E-state index in [-0.39, 0.29) is 5.57 Å². The molecule has 1 fully saturated rings. The summed E-state index contributed by atoms with van der Waals surface area (Å²) in [7, 11) is 0. The van der Waals surface area contributed by atoms with E-state index in [2.05, 4.69) is 16.7 Å². The number of allylic oxidation sites excluding steroid dienone is 2. The van der Waals surface area contributed by atoms with Crippen molar-refractivity contribution in [1.29, 1.82) is 0 Å². The maximum absolute atomic E-state index is 11.8. The monoisotopic (exact) mass is 342 g/mol. The minimum absolute atomic E-state index is 0.106. The van der Waals surface area contributed by atoms with E-state index < -0.39 is 17.8 Å². The zero-order valence-corrected chi connectivity index (χ0v) is 13.7. The Hall–Kier alpha value is -3.73. The Morgan fingerprint density at radius 1 is 0.731 bits per heavy atom. The molecule has 0 spiro atoms. The molecular weight excluding hydrogens is 328 g/mol. The van der Waals surface area contributed by atoms with E-state index in [1.807, 2.05) is 54.6 Å². The van der Waals surface area contributed by atoms with E-state index in [0.717, 1.165) is 27.1 Å². The summed E-state index contributed by atoms with van der Waals surface area (Å²) in [5.41, 5.74) is 0.897. The van der Waals surface area contributed by atoms with Gasteiger partial charge in [-0.1, -0.05) is 60.7 Å². The average Bonchev–Trinajstić information content (AvgIpc) is 2.63. The first-order valence-corrected chi connectivity index (χ1v) is 8.09. The molecule has 5 heteroatoms. The maximum Gasteiger partial charge on any atom is 0.328 e. The average molecular weight is 342 g/mol. The summed E-state index contributed by atoms with van der Waals surface area (Å²) in [4.78, 5) is 34.7. The number of carbonyl (C=O) groups is 3. The van der Waals surface area contributed by atoms with Crippen LogP contribution in [0.15, 0.2) is 72.3 Å². The SMILES string of the molecule is O=C1NC(=O)C(=C/C=C/c2c3ccccc3cc3ccccc23)C(=O)N1. The standard InChI is InChI=1S/C21H14N2O3/c24-19-18(20(25)23-21(26)22-19)11-5-10-17-15-8-3-1-6-13(15)12-14-7-2-4-9-16(14)17/h1-12H,(H2,22,23,24,25,26)/b10-5+. The number of rotatable bonds is 2. The fourth-order valence-corrected chi connectivity index (χ4v) is 3.10. The van der Waals surface area contributed by atoms with Crippen molar-refractivity contribution in [3.05, 3.63) is 77.9 Å². The van der Waals surface area contributed by atoms with Crippen molar-refractivity contribution in [3.8, 4) is 0 Å². The van der Waals surface area contributed by atoms with Crippen LogP contribution in [0.2, 0.25) is 0 Å². The second-order valence-corrected chi connectivity index (χ2v) is 5.91. The molecule has 3 aromatic carbocycles. The molecule has 0 unspecified atom stereocenters. The Kier molecular flexibility index (Phi) is 3.82. The van der Waals surface area contributed by atoms with Crippen molar-refractivity contribution in [2.75, 3.05) is 0 Å². The summed E-state index contributed by atoms with van der Waals surface area (Å²) in [6, 6.07) is 17.4. The number of nitrogens with one attached hydrogen (secondary N) is 2. The van der Waals surface area contributed by atoms with Gasteiger partial charge in [0.1, 0.15) is 5.57 Å². The van der Waals surface area contributed by atoms with E-state index in [4.69, 9.17) is 0 Å². The molecule has 0 aromatic heterocycles. The number of benzene rings is 3. The summed E-state index contributed by atoms with van der Waals surface area (Å²) < 4.78 is 0. The second-order valence-electron chi connectivity index (χ2n) is 5.91. The topological polar surface area (TPSA) is 75.3 Å². The first kappa shape index (κ1) is 15.8. The molecule has 26 heavy (non-hydrogen) atoms. The van der Waals surface area contributed by atoms with Crippen molar-refractivity contribution >= 4 is 45.5 Å². The predicted molar refractivity (Wildman–Crippen MR) is 100 cm³/mol. The van der Waals surface area contributed by atoms with Gasteiger partial charge in [-0.15, -0.1) is 0 Å². The lowest BCUT2D eigenvalue weighted by Gasteiger charge is -2.13. The van der Waals surface area contributed by atoms with Crippen LogP contribution in [0.3, 0.4) is 0 Å². The Morgan fingerprint density at radius 3 is 1.85 bits per heavy atom. The number of amides is 4. The van der Waals surface area contributed by atoms with Crippen molar-refractivity contribution in [1.82, 2.24) is 10.6 Å². The summed E-state index contributed by atoms with van der Waals surface area (Å²) in [5, 5.41) is 8.48. The summed E-state index contributed by atoms with van der Waals surface area (Å²) in [5.74, 6) is -1.41. The smallest absolute Gasteiger partial charge is 0.273 e. The number of fused-ring (bicyclic) bond motifs is 2. The fourth-order valence-electron chi connectivity index (χ4n) is 3.10. The molecule has 1 saturated heterocycles. The molecule has 0 saturated carbocycles. The van der Waals surface area contributed by atoms with Crippen molar-refractivity contribution in [2.45, 2.75) is 0 Å². The minimum Gasteiger partial charge on any atom is -0.273 e. The molecule has 126 valence electrons. The fraction of sp³-hybridized carbons (Fsp3) is 0. The molecule has 1 aliphatic rings. The van der Waals surface area contributed by atoms with Crippen LogP contribution in [0.4, 0.5) is 4.79 Å². The molecule has 4 amide bonds. The van der Waals surface area contributed by atoms with Crippen LogP contribution in [0.25, 0.3) is 27.6 Å². The zero-order valence-electron chi connectivity index (χ0n) is 13.7. The molecule has 1 heterocycles. The van der Waals surface area contributed by atoms with Crippen molar-refractivity contribution in [2.24, 2.45) is 0 Å². The van der Waals surface area contributed by atoms with Gasteiger partial charge >= 0.3 is 6.03 Å². The maximum atomic E-state index is 11.8. The van der Waals surface area contributed by atoms with E-state index in [1.54, 1.807) is 6.08 Å². The third-order valence-electron chi connectivity index (χ3n) is 4.28. The van der Waals surface area contributed by atoms with Gasteiger partial charge < -0.3 is 0 Å². The van der Waals surface area contributed by atoms with Crippen molar-refractivity contribution < 1.29 is 14.4 Å². The molecule has 2 N–H and O–H groups in total. The zero-order chi connectivity index (χ0) is 18.1. The van der Waals surface area contributed by atoms with Crippen LogP contribution in [0.1, 0.15) is 5.56 Å². The summed E-state index contributed by atoms with van der Waals surface area (Å²) in [6.45, 7) is 0. The lowest BCUT2D eigenvalue weighted by Crippen LogP contribution is -2.51. The highest BCUT2D eigenvalue weighted by molar-refractivity contribution is 6.29. The van der Waals surface area contributed by atoms with Gasteiger partial charge in [0.2, 0.25) is 0 Å². The molecule has 4 rings (SSSR count). The predicted octanol–water partition coefficient (Wildman–Crippen LogP) is 3.30. The third-order valence-corrected chi connectivity index (χ3v) is 4.28. The summed E-state index contributed by atoms with van der Waals surface area (Å²) >= 11 is 0. The van der Waals surface area contributed by atoms with Gasteiger partial charge in [0.25, 0.3) is 11.8 Å². The third kappa shape index (κ3) is 2.75. The largest absolute Gasteiger partial charge is 0.328 e. The van der Waals surface area contributed by atoms with Crippen LogP contribution >= 0.6 is 0 Å². The number of carbonyl (C=O) groups excluding carboxylic acids is 3. The van der Waals surface area contributed by atoms with Crippen LogP contribution in [0, 0.1) is 0 Å². The van der Waals surface area contributed by atoms with Crippen LogP contribution < -0.4 is 10.6 Å². The minimum atomic E-state index is -0.804. The first-order chi connectivity index (χ1) is 12.6. The van der Waals surface area contributed by atoms with Gasteiger partial charge in [-0.2, -0.15) is 0 Å². The molecule has 0 radical (unpaired) electrons. The van der Waals surface area contributed by atoms with E-state index in [0.29, 0.717) is 0 Å². The molecule has 1 aliphatic heterocycles. The molecule has 0 bridgehead atoms. The molecule has 3 aromatic rings. The van der Waals surface area contributed by atoms with Crippen molar-refractivity contribution in [3.63, 3.8) is 0 Å². The second kappa shape index (κ2) is 6.29. The highest BCUT2D eigenvalue weighted by Crippen LogP contribution is 2.29. The van der Waals surface area contributed by atoms with Gasteiger partial charge in [0.15, 0.2) is 0 Å². The van der Waals surface area contributed by atoms with Crippen LogP contribution in [0.5, 0.6) is 0 Å². The molecule has 5 nitrogen and oxygen atoms in total. The van der Waals surface area contributed by atoms with E-state index in [1.165, 1.54) is 6.08 Å².